The van der Waals surface area contributed by atoms with Crippen molar-refractivity contribution in [2.24, 2.45) is 0 Å². The third-order valence-corrected chi connectivity index (χ3v) is 3.92. The van der Waals surface area contributed by atoms with Gasteiger partial charge in [-0.15, -0.1) is 0 Å². The highest BCUT2D eigenvalue weighted by molar-refractivity contribution is 5.28. The molecule has 0 aromatic carbocycles. The number of nitrogens with one attached hydrogen (secondary N) is 1. The van der Waals surface area contributed by atoms with Gasteiger partial charge in [0.05, 0.1) is 5.69 Å². The number of anilines is 1. The van der Waals surface area contributed by atoms with Crippen LogP contribution in [0.25, 0.3) is 0 Å². The molecule has 0 spiro atoms. The van der Waals surface area contributed by atoms with Crippen molar-refractivity contribution in [3.63, 3.8) is 0 Å². The minimum absolute atomic E-state index is 0.796. The maximum Gasteiger partial charge on any atom is 0.203 e. The van der Waals surface area contributed by atoms with Gasteiger partial charge in [0.2, 0.25) is 5.95 Å². The van der Waals surface area contributed by atoms with Crippen LogP contribution in [0, 0.1) is 6.92 Å². The summed E-state index contributed by atoms with van der Waals surface area (Å²) in [6.07, 6.45) is 7.08. The Morgan fingerprint density at radius 1 is 1.24 bits per heavy atom. The van der Waals surface area contributed by atoms with E-state index in [0.717, 1.165) is 44.4 Å². The Balaban J connectivity index is 1.68. The molecule has 0 saturated carbocycles. The zero-order valence-corrected chi connectivity index (χ0v) is 13.6. The van der Waals surface area contributed by atoms with Gasteiger partial charge >= 0.3 is 0 Å². The molecule has 1 fully saturated rings. The molecule has 2 rings (SSSR count). The van der Waals surface area contributed by atoms with Crippen LogP contribution in [0.1, 0.15) is 38.3 Å². The lowest BCUT2D eigenvalue weighted by molar-refractivity contribution is 0.142. The Hall–Kier alpha value is -1.07. The molecule has 0 bridgehead atoms. The number of hydrogen-bond acceptors (Lipinski definition) is 4. The number of aryl methyl sites for hydroxylation is 2. The van der Waals surface area contributed by atoms with Crippen LogP contribution < -0.4 is 5.32 Å². The number of aromatic nitrogens is 2. The first-order valence-corrected chi connectivity index (χ1v) is 8.37. The molecule has 1 saturated heterocycles. The van der Waals surface area contributed by atoms with Crippen molar-refractivity contribution in [2.45, 2.75) is 46.1 Å². The molecular weight excluding hydrogens is 264 g/mol. The zero-order chi connectivity index (χ0) is 14.9. The van der Waals surface area contributed by atoms with Crippen molar-refractivity contribution in [1.82, 2.24) is 14.5 Å². The largest absolute Gasteiger partial charge is 0.382 e. The van der Waals surface area contributed by atoms with Crippen LogP contribution in [-0.4, -0.2) is 53.8 Å². The van der Waals surface area contributed by atoms with Gasteiger partial charge in [0.25, 0.3) is 0 Å². The van der Waals surface area contributed by atoms with Gasteiger partial charge in [-0.1, -0.05) is 0 Å². The summed E-state index contributed by atoms with van der Waals surface area (Å²) in [6, 6.07) is 0. The molecule has 1 N–H and O–H groups in total. The van der Waals surface area contributed by atoms with Crippen molar-refractivity contribution < 1.29 is 4.74 Å². The smallest absolute Gasteiger partial charge is 0.203 e. The molecule has 0 radical (unpaired) electrons. The topological polar surface area (TPSA) is 42.3 Å². The maximum atomic E-state index is 5.40. The number of ether oxygens (including phenoxy) is 1. The number of rotatable bonds is 10. The average Bonchev–Trinajstić information content (AvgIpc) is 3.10. The van der Waals surface area contributed by atoms with Crippen molar-refractivity contribution in [3.05, 3.63) is 11.9 Å². The predicted octanol–water partition coefficient (Wildman–Crippen LogP) is 2.52. The number of nitrogens with zero attached hydrogens (tertiary/aromatic N) is 3. The first kappa shape index (κ1) is 16.3. The second-order valence-corrected chi connectivity index (χ2v) is 5.78. The summed E-state index contributed by atoms with van der Waals surface area (Å²) in [5, 5.41) is 3.48. The quantitative estimate of drug-likeness (QED) is 0.673. The molecule has 0 unspecified atom stereocenters. The van der Waals surface area contributed by atoms with E-state index in [1.54, 1.807) is 0 Å². The summed E-state index contributed by atoms with van der Waals surface area (Å²) in [5.41, 5.74) is 1.08. The van der Waals surface area contributed by atoms with Gasteiger partial charge in [0, 0.05) is 32.5 Å². The molecule has 1 aliphatic heterocycles. The second-order valence-electron chi connectivity index (χ2n) is 5.78. The SMILES string of the molecule is CCOCCCn1cc(C)nc1NCCCN1CCCC1. The minimum atomic E-state index is 0.796. The van der Waals surface area contributed by atoms with E-state index < -0.39 is 0 Å². The molecule has 1 aromatic heterocycles. The van der Waals surface area contributed by atoms with Gasteiger partial charge in [-0.2, -0.15) is 0 Å². The maximum absolute atomic E-state index is 5.40. The first-order chi connectivity index (χ1) is 10.3. The Labute approximate surface area is 128 Å². The van der Waals surface area contributed by atoms with E-state index in [2.05, 4.69) is 32.9 Å². The standard InChI is InChI=1S/C16H30N4O/c1-3-21-13-7-12-20-14-15(2)18-16(20)17-8-6-11-19-9-4-5-10-19/h14H,3-13H2,1-2H3,(H,17,18). The lowest BCUT2D eigenvalue weighted by Crippen LogP contribution is -2.22. The monoisotopic (exact) mass is 294 g/mol. The molecule has 0 atom stereocenters. The van der Waals surface area contributed by atoms with Crippen LogP contribution in [0.2, 0.25) is 0 Å². The Morgan fingerprint density at radius 2 is 2.05 bits per heavy atom. The predicted molar refractivity (Wildman–Crippen MR) is 86.9 cm³/mol. The van der Waals surface area contributed by atoms with Crippen LogP contribution in [0.5, 0.6) is 0 Å². The van der Waals surface area contributed by atoms with E-state index in [-0.39, 0.29) is 0 Å². The Kier molecular flexibility index (Phi) is 7.03. The molecule has 0 aliphatic carbocycles. The fraction of sp³-hybridized carbons (Fsp3) is 0.812. The van der Waals surface area contributed by atoms with E-state index >= 15 is 0 Å². The highest BCUT2D eigenvalue weighted by Gasteiger charge is 2.10. The lowest BCUT2D eigenvalue weighted by Gasteiger charge is -2.15. The van der Waals surface area contributed by atoms with Crippen molar-refractivity contribution >= 4 is 5.95 Å². The van der Waals surface area contributed by atoms with Gasteiger partial charge in [-0.25, -0.2) is 4.98 Å². The highest BCUT2D eigenvalue weighted by Crippen LogP contribution is 2.10. The number of likely N-dealkylation sites (tertiary alicyclic amines) is 1. The molecule has 1 aliphatic rings. The summed E-state index contributed by atoms with van der Waals surface area (Å²) in [6.45, 7) is 11.4. The van der Waals surface area contributed by atoms with Crippen LogP contribution in [-0.2, 0) is 11.3 Å². The van der Waals surface area contributed by atoms with E-state index in [9.17, 15) is 0 Å². The van der Waals surface area contributed by atoms with Crippen LogP contribution in [0.4, 0.5) is 5.95 Å². The Morgan fingerprint density at radius 3 is 2.81 bits per heavy atom. The van der Waals surface area contributed by atoms with E-state index in [1.807, 2.05) is 6.92 Å². The zero-order valence-electron chi connectivity index (χ0n) is 13.6. The number of imidazole rings is 1. The Bertz CT molecular complexity index is 399. The van der Waals surface area contributed by atoms with Crippen LogP contribution in [0.3, 0.4) is 0 Å². The van der Waals surface area contributed by atoms with E-state index in [4.69, 9.17) is 4.74 Å². The van der Waals surface area contributed by atoms with Crippen molar-refractivity contribution in [3.8, 4) is 0 Å². The normalized spacial score (nSPS) is 15.7. The van der Waals surface area contributed by atoms with Gasteiger partial charge in [0.15, 0.2) is 0 Å². The molecule has 21 heavy (non-hydrogen) atoms. The number of hydrogen-bond donors (Lipinski definition) is 1. The van der Waals surface area contributed by atoms with Crippen LogP contribution >= 0.6 is 0 Å². The van der Waals surface area contributed by atoms with Crippen molar-refractivity contribution in [2.75, 3.05) is 44.7 Å². The third-order valence-electron chi connectivity index (χ3n) is 3.92. The van der Waals surface area contributed by atoms with Gasteiger partial charge < -0.3 is 19.5 Å². The van der Waals surface area contributed by atoms with E-state index in [1.165, 1.54) is 38.9 Å². The molecule has 120 valence electrons. The average molecular weight is 294 g/mol. The summed E-state index contributed by atoms with van der Waals surface area (Å²) >= 11 is 0. The van der Waals surface area contributed by atoms with Crippen LogP contribution in [0.15, 0.2) is 6.20 Å². The summed E-state index contributed by atoms with van der Waals surface area (Å²) in [5.74, 6) is 1.01. The summed E-state index contributed by atoms with van der Waals surface area (Å²) in [7, 11) is 0. The molecule has 0 amide bonds. The van der Waals surface area contributed by atoms with Gasteiger partial charge in [-0.05, 0) is 59.2 Å². The second kappa shape index (κ2) is 9.05. The molecule has 1 aromatic rings. The molecule has 5 heteroatoms. The summed E-state index contributed by atoms with van der Waals surface area (Å²) < 4.78 is 7.61. The molecule has 5 nitrogen and oxygen atoms in total. The van der Waals surface area contributed by atoms with Gasteiger partial charge in [-0.3, -0.25) is 0 Å². The third kappa shape index (κ3) is 5.67. The highest BCUT2D eigenvalue weighted by atomic mass is 16.5. The lowest BCUT2D eigenvalue weighted by atomic mass is 10.4. The fourth-order valence-corrected chi connectivity index (χ4v) is 2.85. The fourth-order valence-electron chi connectivity index (χ4n) is 2.85. The first-order valence-electron chi connectivity index (χ1n) is 8.37. The minimum Gasteiger partial charge on any atom is -0.382 e. The van der Waals surface area contributed by atoms with E-state index in [0.29, 0.717) is 0 Å². The molecule has 2 heterocycles. The summed E-state index contributed by atoms with van der Waals surface area (Å²) in [4.78, 5) is 7.13. The molecular formula is C16H30N4O. The van der Waals surface area contributed by atoms with Crippen molar-refractivity contribution in [1.29, 1.82) is 0 Å². The van der Waals surface area contributed by atoms with Gasteiger partial charge in [0.1, 0.15) is 0 Å².